The third-order valence-electron chi connectivity index (χ3n) is 2.91. The molecule has 1 aromatic carbocycles. The lowest BCUT2D eigenvalue weighted by Gasteiger charge is -2.09. The van der Waals surface area contributed by atoms with Crippen LogP contribution in [0.3, 0.4) is 0 Å². The topological polar surface area (TPSA) is 80.0 Å². The number of carbonyl (C=O) groups excluding carboxylic acids is 1. The van der Waals surface area contributed by atoms with E-state index in [2.05, 4.69) is 15.6 Å². The average Bonchev–Trinajstić information content (AvgIpc) is 2.75. The van der Waals surface area contributed by atoms with Gasteiger partial charge >= 0.3 is 0 Å². The molecule has 0 spiro atoms. The number of nitrogens with two attached hydrogens (primary N) is 1. The maximum absolute atomic E-state index is 11.5. The van der Waals surface area contributed by atoms with Gasteiger partial charge in [0.2, 0.25) is 5.91 Å². The quantitative estimate of drug-likeness (QED) is 0.715. The molecule has 0 fully saturated rings. The van der Waals surface area contributed by atoms with Gasteiger partial charge in [-0.1, -0.05) is 6.92 Å². The second-order valence-corrected chi connectivity index (χ2v) is 5.90. The number of benzene rings is 1. The van der Waals surface area contributed by atoms with Crippen molar-refractivity contribution in [2.45, 2.75) is 26.7 Å². The van der Waals surface area contributed by atoms with Crippen LogP contribution < -0.4 is 16.4 Å². The first-order chi connectivity index (χ1) is 9.60. The van der Waals surface area contributed by atoms with Crippen molar-refractivity contribution in [2.75, 3.05) is 24.1 Å². The summed E-state index contributed by atoms with van der Waals surface area (Å²) < 4.78 is 1.09. The lowest BCUT2D eigenvalue weighted by atomic mass is 10.2. The van der Waals surface area contributed by atoms with E-state index < -0.39 is 0 Å². The fraction of sp³-hybridized carbons (Fsp3) is 0.429. The normalized spacial score (nSPS) is 10.7. The molecule has 20 heavy (non-hydrogen) atoms. The second-order valence-electron chi connectivity index (χ2n) is 4.67. The first-order valence-corrected chi connectivity index (χ1v) is 7.59. The largest absolute Gasteiger partial charge is 0.397 e. The van der Waals surface area contributed by atoms with Gasteiger partial charge in [0.25, 0.3) is 0 Å². The van der Waals surface area contributed by atoms with Gasteiger partial charge in [0.05, 0.1) is 26.6 Å². The molecular formula is C14H20N4OS. The number of amides is 1. The van der Waals surface area contributed by atoms with Crippen LogP contribution in [0.25, 0.3) is 10.2 Å². The van der Waals surface area contributed by atoms with E-state index in [1.54, 1.807) is 11.3 Å². The zero-order chi connectivity index (χ0) is 14.5. The van der Waals surface area contributed by atoms with Crippen LogP contribution in [0.15, 0.2) is 12.1 Å². The van der Waals surface area contributed by atoms with E-state index in [0.29, 0.717) is 18.7 Å². The summed E-state index contributed by atoms with van der Waals surface area (Å²) >= 11 is 1.63. The van der Waals surface area contributed by atoms with Crippen molar-refractivity contribution in [1.82, 2.24) is 10.3 Å². The van der Waals surface area contributed by atoms with Crippen LogP contribution >= 0.6 is 11.3 Å². The van der Waals surface area contributed by atoms with Crippen LogP contribution in [0.4, 0.5) is 11.4 Å². The maximum Gasteiger partial charge on any atom is 0.221 e. The highest BCUT2D eigenvalue weighted by Gasteiger charge is 2.06. The number of fused-ring (bicyclic) bond motifs is 1. The number of aromatic nitrogens is 1. The minimum Gasteiger partial charge on any atom is -0.397 e. The number of aryl methyl sites for hydroxylation is 1. The fourth-order valence-electron chi connectivity index (χ4n) is 1.92. The monoisotopic (exact) mass is 292 g/mol. The molecule has 0 unspecified atom stereocenters. The molecule has 2 rings (SSSR count). The number of hydrogen-bond acceptors (Lipinski definition) is 5. The van der Waals surface area contributed by atoms with Crippen molar-refractivity contribution in [3.63, 3.8) is 0 Å². The Labute approximate surface area is 122 Å². The number of anilines is 2. The summed E-state index contributed by atoms with van der Waals surface area (Å²) in [6, 6.07) is 3.87. The molecule has 0 atom stereocenters. The lowest BCUT2D eigenvalue weighted by molar-refractivity contribution is -0.120. The molecule has 0 aliphatic heterocycles. The summed E-state index contributed by atoms with van der Waals surface area (Å²) in [6.45, 7) is 5.30. The summed E-state index contributed by atoms with van der Waals surface area (Å²) in [7, 11) is 0. The summed E-state index contributed by atoms with van der Waals surface area (Å²) in [5.41, 5.74) is 8.48. The van der Waals surface area contributed by atoms with Crippen molar-refractivity contribution in [2.24, 2.45) is 0 Å². The molecule has 0 saturated carbocycles. The molecule has 5 nitrogen and oxygen atoms in total. The SMILES string of the molecule is CCCNC(=O)CCNc1cc2nc(C)sc2cc1N. The molecule has 1 heterocycles. The van der Waals surface area contributed by atoms with Crippen LogP contribution in [0, 0.1) is 6.92 Å². The van der Waals surface area contributed by atoms with Gasteiger partial charge in [-0.15, -0.1) is 11.3 Å². The van der Waals surface area contributed by atoms with E-state index in [4.69, 9.17) is 5.73 Å². The van der Waals surface area contributed by atoms with Crippen molar-refractivity contribution < 1.29 is 4.79 Å². The predicted octanol–water partition coefficient (Wildman–Crippen LogP) is 2.52. The smallest absolute Gasteiger partial charge is 0.221 e. The van der Waals surface area contributed by atoms with Gasteiger partial charge in [0.15, 0.2) is 0 Å². The van der Waals surface area contributed by atoms with Gasteiger partial charge in [-0.3, -0.25) is 4.79 Å². The Bertz CT molecular complexity index is 608. The molecule has 0 aliphatic carbocycles. The minimum absolute atomic E-state index is 0.0588. The third kappa shape index (κ3) is 3.60. The highest BCUT2D eigenvalue weighted by atomic mass is 32.1. The van der Waals surface area contributed by atoms with Gasteiger partial charge in [0, 0.05) is 19.5 Å². The van der Waals surface area contributed by atoms with Crippen molar-refractivity contribution >= 4 is 38.8 Å². The second kappa shape index (κ2) is 6.56. The average molecular weight is 292 g/mol. The van der Waals surface area contributed by atoms with E-state index in [0.717, 1.165) is 33.9 Å². The van der Waals surface area contributed by atoms with E-state index in [9.17, 15) is 4.79 Å². The van der Waals surface area contributed by atoms with Crippen LogP contribution in [0.5, 0.6) is 0 Å². The molecule has 1 amide bonds. The maximum atomic E-state index is 11.5. The number of thiazole rings is 1. The summed E-state index contributed by atoms with van der Waals surface area (Å²) in [6.07, 6.45) is 1.39. The highest BCUT2D eigenvalue weighted by Crippen LogP contribution is 2.29. The summed E-state index contributed by atoms with van der Waals surface area (Å²) in [4.78, 5) is 15.9. The number of carbonyl (C=O) groups is 1. The van der Waals surface area contributed by atoms with Gasteiger partial charge < -0.3 is 16.4 Å². The molecular weight excluding hydrogens is 272 g/mol. The summed E-state index contributed by atoms with van der Waals surface area (Å²) in [5.74, 6) is 0.0588. The first kappa shape index (κ1) is 14.6. The summed E-state index contributed by atoms with van der Waals surface area (Å²) in [5, 5.41) is 7.07. The van der Waals surface area contributed by atoms with Crippen LogP contribution in [-0.4, -0.2) is 24.0 Å². The minimum atomic E-state index is 0.0588. The zero-order valence-corrected chi connectivity index (χ0v) is 12.6. The van der Waals surface area contributed by atoms with E-state index in [-0.39, 0.29) is 5.91 Å². The fourth-order valence-corrected chi connectivity index (χ4v) is 2.78. The van der Waals surface area contributed by atoms with Crippen molar-refractivity contribution in [3.8, 4) is 0 Å². The molecule has 4 N–H and O–H groups in total. The number of nitrogens with zero attached hydrogens (tertiary/aromatic N) is 1. The van der Waals surface area contributed by atoms with E-state index >= 15 is 0 Å². The standard InChI is InChI=1S/C14H20N4OS/c1-3-5-17-14(19)4-6-16-11-8-12-13(7-10(11)15)20-9(2)18-12/h7-8,16H,3-6,15H2,1-2H3,(H,17,19). The Morgan fingerprint density at radius 3 is 2.95 bits per heavy atom. The Morgan fingerprint density at radius 2 is 2.20 bits per heavy atom. The van der Waals surface area contributed by atoms with Gasteiger partial charge in [-0.2, -0.15) is 0 Å². The third-order valence-corrected chi connectivity index (χ3v) is 3.84. The number of nitrogens with one attached hydrogen (secondary N) is 2. The molecule has 0 aliphatic rings. The highest BCUT2D eigenvalue weighted by molar-refractivity contribution is 7.18. The van der Waals surface area contributed by atoms with E-state index in [1.807, 2.05) is 26.0 Å². The first-order valence-electron chi connectivity index (χ1n) is 6.77. The molecule has 108 valence electrons. The number of nitrogen functional groups attached to an aromatic ring is 1. The Morgan fingerprint density at radius 1 is 1.40 bits per heavy atom. The lowest BCUT2D eigenvalue weighted by Crippen LogP contribution is -2.25. The molecule has 6 heteroatoms. The van der Waals surface area contributed by atoms with Crippen molar-refractivity contribution in [1.29, 1.82) is 0 Å². The molecule has 0 saturated heterocycles. The van der Waals surface area contributed by atoms with Crippen molar-refractivity contribution in [3.05, 3.63) is 17.1 Å². The van der Waals surface area contributed by atoms with Crippen LogP contribution in [0.2, 0.25) is 0 Å². The Balaban J connectivity index is 1.95. The molecule has 0 radical (unpaired) electrons. The number of hydrogen-bond donors (Lipinski definition) is 3. The molecule has 2 aromatic rings. The van der Waals surface area contributed by atoms with Crippen LogP contribution in [0.1, 0.15) is 24.8 Å². The Hall–Kier alpha value is -1.82. The molecule has 1 aromatic heterocycles. The molecule has 0 bridgehead atoms. The predicted molar refractivity (Wildman–Crippen MR) is 85.2 cm³/mol. The van der Waals surface area contributed by atoms with Gasteiger partial charge in [-0.25, -0.2) is 4.98 Å². The van der Waals surface area contributed by atoms with E-state index in [1.165, 1.54) is 0 Å². The van der Waals surface area contributed by atoms with Gasteiger partial charge in [-0.05, 0) is 25.5 Å². The zero-order valence-electron chi connectivity index (χ0n) is 11.8. The Kier molecular flexibility index (Phi) is 4.79. The number of rotatable bonds is 6. The van der Waals surface area contributed by atoms with Crippen LogP contribution in [-0.2, 0) is 4.79 Å². The van der Waals surface area contributed by atoms with Gasteiger partial charge in [0.1, 0.15) is 0 Å².